The van der Waals surface area contributed by atoms with Gasteiger partial charge in [-0.1, -0.05) is 12.1 Å². The number of nitrogens with zero attached hydrogens (tertiary/aromatic N) is 1. The maximum atomic E-state index is 12.3. The van der Waals surface area contributed by atoms with Crippen LogP contribution in [0.1, 0.15) is 38.5 Å². The van der Waals surface area contributed by atoms with Gasteiger partial charge >= 0.3 is 0 Å². The summed E-state index contributed by atoms with van der Waals surface area (Å²) in [7, 11) is -3.99. The zero-order valence-electron chi connectivity index (χ0n) is 12.2. The van der Waals surface area contributed by atoms with Gasteiger partial charge in [0.05, 0.1) is 4.88 Å². The minimum absolute atomic E-state index is 0.0835. The molecule has 0 fully saturated rings. The van der Waals surface area contributed by atoms with E-state index < -0.39 is 15.9 Å². The Hall–Kier alpha value is -1.67. The summed E-state index contributed by atoms with van der Waals surface area (Å²) in [4.78, 5) is 13.5. The number of aromatic nitrogens is 1. The van der Waals surface area contributed by atoms with Crippen molar-refractivity contribution in [3.8, 4) is 0 Å². The zero-order valence-corrected chi connectivity index (χ0v) is 13.8. The van der Waals surface area contributed by atoms with E-state index in [0.29, 0.717) is 4.88 Å². The smallest absolute Gasteiger partial charge is 0.275 e. The van der Waals surface area contributed by atoms with Gasteiger partial charge in [0.2, 0.25) is 0 Å². The molecule has 6 nitrogen and oxygen atoms in total. The third-order valence-corrected chi connectivity index (χ3v) is 5.98. The van der Waals surface area contributed by atoms with Gasteiger partial charge in [-0.25, -0.2) is 13.1 Å². The number of sulfonamides is 1. The molecule has 2 rings (SSSR count). The molecule has 0 radical (unpaired) electrons. The minimum Gasteiger partial charge on any atom is -0.360 e. The second-order valence-corrected chi connectivity index (χ2v) is 7.41. The lowest BCUT2D eigenvalue weighted by atomic mass is 10.2. The average Bonchev–Trinajstić information content (AvgIpc) is 2.92. The fourth-order valence-electron chi connectivity index (χ4n) is 2.06. The van der Waals surface area contributed by atoms with E-state index in [2.05, 4.69) is 9.88 Å². The van der Waals surface area contributed by atoms with E-state index >= 15 is 0 Å². The van der Waals surface area contributed by atoms with E-state index in [1.165, 1.54) is 25.2 Å². The number of amides is 1. The summed E-state index contributed by atoms with van der Waals surface area (Å²) in [5.74, 6) is -0.479. The van der Waals surface area contributed by atoms with Crippen molar-refractivity contribution in [1.82, 2.24) is 9.88 Å². The van der Waals surface area contributed by atoms with Crippen LogP contribution in [0.4, 0.5) is 0 Å². The van der Waals surface area contributed by atoms with Crippen LogP contribution in [0.25, 0.3) is 0 Å². The highest BCUT2D eigenvalue weighted by Gasteiger charge is 2.27. The molecule has 0 unspecified atom stereocenters. The molecule has 0 saturated carbocycles. The molecule has 0 spiro atoms. The second kappa shape index (κ2) is 5.61. The van der Waals surface area contributed by atoms with Crippen molar-refractivity contribution in [1.29, 1.82) is 0 Å². The predicted molar refractivity (Wildman–Crippen MR) is 79.1 cm³/mol. The monoisotopic (exact) mass is 328 g/mol. The fraction of sp³-hybridized carbons (Fsp3) is 0.385. The summed E-state index contributed by atoms with van der Waals surface area (Å²) in [5, 5.41) is 3.59. The normalized spacial score (nSPS) is 11.6. The number of hydrogen-bond donors (Lipinski definition) is 1. The molecule has 2 aromatic heterocycles. The number of nitrogens with one attached hydrogen (secondary N) is 1. The minimum atomic E-state index is -3.99. The number of rotatable bonds is 4. The van der Waals surface area contributed by atoms with Crippen LogP contribution in [0, 0.1) is 20.8 Å². The van der Waals surface area contributed by atoms with Crippen molar-refractivity contribution in [2.24, 2.45) is 0 Å². The Morgan fingerprint density at radius 1 is 1.38 bits per heavy atom. The van der Waals surface area contributed by atoms with Gasteiger partial charge in [-0.3, -0.25) is 4.79 Å². The first-order chi connectivity index (χ1) is 9.76. The molecular formula is C13H16N2O4S2. The van der Waals surface area contributed by atoms with Gasteiger partial charge in [-0.2, -0.15) is 0 Å². The summed E-state index contributed by atoms with van der Waals surface area (Å²) in [6.45, 7) is 6.89. The van der Waals surface area contributed by atoms with E-state index in [4.69, 9.17) is 4.52 Å². The van der Waals surface area contributed by atoms with Gasteiger partial charge in [0.1, 0.15) is 5.69 Å². The topological polar surface area (TPSA) is 89.3 Å². The van der Waals surface area contributed by atoms with E-state index in [9.17, 15) is 13.2 Å². The molecule has 1 amide bonds. The highest BCUT2D eigenvalue weighted by Crippen LogP contribution is 2.24. The molecule has 114 valence electrons. The molecule has 2 heterocycles. The van der Waals surface area contributed by atoms with Crippen molar-refractivity contribution >= 4 is 27.3 Å². The molecular weight excluding hydrogens is 312 g/mol. The third kappa shape index (κ3) is 3.01. The summed E-state index contributed by atoms with van der Waals surface area (Å²) >= 11 is 1.30. The molecule has 21 heavy (non-hydrogen) atoms. The molecule has 0 aliphatic carbocycles. The van der Waals surface area contributed by atoms with Crippen LogP contribution < -0.4 is 4.72 Å². The Balaban J connectivity index is 2.30. The molecule has 0 aliphatic heterocycles. The first kappa shape index (κ1) is 15.7. The highest BCUT2D eigenvalue weighted by molar-refractivity contribution is 7.90. The molecule has 2 aromatic rings. The van der Waals surface area contributed by atoms with Crippen molar-refractivity contribution in [3.63, 3.8) is 0 Å². The first-order valence-electron chi connectivity index (χ1n) is 6.35. The van der Waals surface area contributed by atoms with Crippen LogP contribution >= 0.6 is 11.3 Å². The zero-order chi connectivity index (χ0) is 15.8. The van der Waals surface area contributed by atoms with Gasteiger partial charge in [0.15, 0.2) is 10.7 Å². The quantitative estimate of drug-likeness (QED) is 0.930. The largest absolute Gasteiger partial charge is 0.360 e. The van der Waals surface area contributed by atoms with Gasteiger partial charge in [0.25, 0.3) is 15.9 Å². The van der Waals surface area contributed by atoms with Gasteiger partial charge in [-0.15, -0.1) is 11.3 Å². The number of carbonyl (C=O) groups is 1. The van der Waals surface area contributed by atoms with Crippen LogP contribution in [0.15, 0.2) is 15.5 Å². The maximum absolute atomic E-state index is 12.3. The summed E-state index contributed by atoms with van der Waals surface area (Å²) in [5.41, 5.74) is 1.21. The number of aryl methyl sites for hydroxylation is 4. The molecule has 0 aromatic carbocycles. The summed E-state index contributed by atoms with van der Waals surface area (Å²) in [6, 6.07) is 1.70. The van der Waals surface area contributed by atoms with E-state index in [-0.39, 0.29) is 16.3 Å². The van der Waals surface area contributed by atoms with E-state index in [1.807, 2.05) is 13.8 Å². The lowest BCUT2D eigenvalue weighted by Crippen LogP contribution is -2.30. The van der Waals surface area contributed by atoms with Crippen LogP contribution in [0.2, 0.25) is 0 Å². The Morgan fingerprint density at radius 2 is 2.05 bits per heavy atom. The molecule has 0 aliphatic rings. The molecule has 8 heteroatoms. The Morgan fingerprint density at radius 3 is 2.52 bits per heavy atom. The van der Waals surface area contributed by atoms with E-state index in [0.717, 1.165) is 16.9 Å². The molecule has 0 atom stereocenters. The number of carbonyl (C=O) groups excluding carboxylic acids is 1. The maximum Gasteiger partial charge on any atom is 0.275 e. The molecule has 0 bridgehead atoms. The summed E-state index contributed by atoms with van der Waals surface area (Å²) < 4.78 is 31.4. The lowest BCUT2D eigenvalue weighted by molar-refractivity contribution is 0.0985. The van der Waals surface area contributed by atoms with Gasteiger partial charge in [0, 0.05) is 4.88 Å². The Kier molecular flexibility index (Phi) is 4.20. The average molecular weight is 328 g/mol. The van der Waals surface area contributed by atoms with Crippen LogP contribution in [-0.2, 0) is 16.4 Å². The Labute approximate surface area is 127 Å². The van der Waals surface area contributed by atoms with E-state index in [1.54, 1.807) is 6.07 Å². The molecule has 1 N–H and O–H groups in total. The van der Waals surface area contributed by atoms with Crippen LogP contribution in [0.3, 0.4) is 0 Å². The second-order valence-electron chi connectivity index (χ2n) is 4.66. The number of hydrogen-bond acceptors (Lipinski definition) is 6. The Bertz CT molecular complexity index is 768. The first-order valence-corrected chi connectivity index (χ1v) is 8.65. The van der Waals surface area contributed by atoms with Gasteiger partial charge < -0.3 is 4.52 Å². The highest BCUT2D eigenvalue weighted by atomic mass is 32.2. The van der Waals surface area contributed by atoms with Gasteiger partial charge in [-0.05, 0) is 38.8 Å². The van der Waals surface area contributed by atoms with Crippen LogP contribution in [-0.4, -0.2) is 19.5 Å². The summed E-state index contributed by atoms with van der Waals surface area (Å²) in [6.07, 6.45) is 0.806. The third-order valence-electron chi connectivity index (χ3n) is 3.03. The van der Waals surface area contributed by atoms with Crippen LogP contribution in [0.5, 0.6) is 0 Å². The lowest BCUT2D eigenvalue weighted by Gasteiger charge is -2.04. The fourth-order valence-corrected chi connectivity index (χ4v) is 4.44. The predicted octanol–water partition coefficient (Wildman–Crippen LogP) is 2.34. The number of thiophene rings is 1. The van der Waals surface area contributed by atoms with Crippen molar-refractivity contribution in [2.75, 3.05) is 0 Å². The molecule has 0 saturated heterocycles. The van der Waals surface area contributed by atoms with Crippen molar-refractivity contribution in [3.05, 3.63) is 32.8 Å². The van der Waals surface area contributed by atoms with Crippen molar-refractivity contribution in [2.45, 2.75) is 39.0 Å². The van der Waals surface area contributed by atoms with Crippen molar-refractivity contribution < 1.29 is 17.7 Å². The standard InChI is InChI=1S/C13H16N2O4S2/c1-5-10-7(2)6-11(20-10)13(16)15-21(17,18)12-8(3)14-19-9(12)4/h6H,5H2,1-4H3,(H,15,16). The SMILES string of the molecule is CCc1sc(C(=O)NS(=O)(=O)c2c(C)noc2C)cc1C.